The predicted octanol–water partition coefficient (Wildman–Crippen LogP) is 4.88. The molecule has 9 nitrogen and oxygen atoms in total. The van der Waals surface area contributed by atoms with Gasteiger partial charge in [-0.1, -0.05) is 18.2 Å². The molecular weight excluding hydrogens is 561 g/mol. The number of hydrogen-bond donors (Lipinski definition) is 2. The number of rotatable bonds is 10. The standard InChI is InChI=1S/C31H32FN3O6S/c1-31(2,3)41-30(38)35-15-19(16-35)40-26-12-11-18(13-27(26)39-4)29(37)33-14-25(36)24-10-6-9-23(34-24)21-17-42-28-20(21)7-5-8-22(28)32/h5-13,17,19,30,38H,14-16H2,1-4H3,(H,33,37). The van der Waals surface area contributed by atoms with Crippen LogP contribution in [0.15, 0.2) is 60.0 Å². The number of nitrogens with zero attached hydrogens (tertiary/aromatic N) is 2. The fourth-order valence-corrected chi connectivity index (χ4v) is 5.48. The molecule has 1 atom stereocenters. The van der Waals surface area contributed by atoms with Gasteiger partial charge in [-0.3, -0.25) is 9.59 Å². The number of aromatic nitrogens is 1. The van der Waals surface area contributed by atoms with Crippen molar-refractivity contribution in [2.75, 3.05) is 26.7 Å². The molecular formula is C31H32FN3O6S. The van der Waals surface area contributed by atoms with E-state index in [1.165, 1.54) is 24.5 Å². The first-order chi connectivity index (χ1) is 20.0. The molecule has 1 aliphatic rings. The SMILES string of the molecule is COc1cc(C(=O)NCC(=O)c2cccc(-c3csc4c(F)cccc34)n2)ccc1OC1CN(C(O)OC(C)(C)C)C1. The number of amides is 1. The summed E-state index contributed by atoms with van der Waals surface area (Å²) in [5, 5.41) is 15.4. The Morgan fingerprint density at radius 3 is 2.64 bits per heavy atom. The summed E-state index contributed by atoms with van der Waals surface area (Å²) in [6.45, 7) is 6.29. The number of aliphatic hydroxyl groups is 1. The maximum absolute atomic E-state index is 14.1. The van der Waals surface area contributed by atoms with Crippen molar-refractivity contribution >= 4 is 33.1 Å². The van der Waals surface area contributed by atoms with Crippen LogP contribution in [0.2, 0.25) is 0 Å². The van der Waals surface area contributed by atoms with Crippen LogP contribution in [0.4, 0.5) is 4.39 Å². The lowest BCUT2D eigenvalue weighted by Crippen LogP contribution is -2.59. The highest BCUT2D eigenvalue weighted by atomic mass is 32.1. The normalized spacial score (nSPS) is 14.8. The number of benzene rings is 2. The molecule has 1 amide bonds. The van der Waals surface area contributed by atoms with Crippen LogP contribution in [-0.2, 0) is 4.74 Å². The Kier molecular flexibility index (Phi) is 8.55. The minimum atomic E-state index is -1.02. The minimum Gasteiger partial charge on any atom is -0.493 e. The molecule has 2 aromatic heterocycles. The Labute approximate surface area is 246 Å². The van der Waals surface area contributed by atoms with Crippen molar-refractivity contribution in [3.05, 3.63) is 77.1 Å². The van der Waals surface area contributed by atoms with Gasteiger partial charge >= 0.3 is 0 Å². The number of ether oxygens (including phenoxy) is 3. The molecule has 1 fully saturated rings. The summed E-state index contributed by atoms with van der Waals surface area (Å²) >= 11 is 1.28. The van der Waals surface area contributed by atoms with Gasteiger partial charge < -0.3 is 24.6 Å². The zero-order valence-electron chi connectivity index (χ0n) is 23.7. The Balaban J connectivity index is 1.18. The van der Waals surface area contributed by atoms with E-state index in [-0.39, 0.29) is 29.9 Å². The van der Waals surface area contributed by atoms with Crippen LogP contribution in [-0.4, -0.2) is 71.5 Å². The number of nitrogens with one attached hydrogen (secondary N) is 1. The van der Waals surface area contributed by atoms with Crippen molar-refractivity contribution in [3.63, 3.8) is 0 Å². The fourth-order valence-electron chi connectivity index (χ4n) is 4.51. The van der Waals surface area contributed by atoms with Gasteiger partial charge in [0.1, 0.15) is 17.6 Å². The van der Waals surface area contributed by atoms with Crippen molar-refractivity contribution in [2.45, 2.75) is 38.9 Å². The molecule has 5 rings (SSSR count). The molecule has 1 saturated heterocycles. The van der Waals surface area contributed by atoms with Crippen LogP contribution < -0.4 is 14.8 Å². The van der Waals surface area contributed by atoms with Crippen LogP contribution in [0.5, 0.6) is 11.5 Å². The molecule has 0 bridgehead atoms. The number of carbonyl (C=O) groups is 2. The first-order valence-electron chi connectivity index (χ1n) is 13.4. The first-order valence-corrected chi connectivity index (χ1v) is 14.3. The average molecular weight is 594 g/mol. The maximum Gasteiger partial charge on any atom is 0.251 e. The van der Waals surface area contributed by atoms with Crippen molar-refractivity contribution < 1.29 is 33.3 Å². The molecule has 2 N–H and O–H groups in total. The van der Waals surface area contributed by atoms with Crippen molar-refractivity contribution in [3.8, 4) is 22.8 Å². The van der Waals surface area contributed by atoms with Gasteiger partial charge in [-0.25, -0.2) is 14.3 Å². The monoisotopic (exact) mass is 593 g/mol. The molecule has 2 aromatic carbocycles. The molecule has 0 radical (unpaired) electrons. The van der Waals surface area contributed by atoms with E-state index >= 15 is 0 Å². The third kappa shape index (κ3) is 6.60. The van der Waals surface area contributed by atoms with Gasteiger partial charge in [0.05, 0.1) is 29.6 Å². The number of aliphatic hydroxyl groups excluding tert-OH is 1. The predicted molar refractivity (Wildman–Crippen MR) is 158 cm³/mol. The van der Waals surface area contributed by atoms with E-state index in [9.17, 15) is 19.1 Å². The van der Waals surface area contributed by atoms with E-state index < -0.39 is 17.9 Å². The molecule has 0 aliphatic carbocycles. The summed E-state index contributed by atoms with van der Waals surface area (Å²) < 4.78 is 31.7. The second kappa shape index (κ2) is 12.1. The second-order valence-corrected chi connectivity index (χ2v) is 11.8. The Morgan fingerprint density at radius 2 is 1.90 bits per heavy atom. The number of halogens is 1. The Hall–Kier alpha value is -3.90. The minimum absolute atomic E-state index is 0.177. The highest BCUT2D eigenvalue weighted by Crippen LogP contribution is 2.35. The lowest BCUT2D eigenvalue weighted by molar-refractivity contribution is -0.264. The van der Waals surface area contributed by atoms with Gasteiger partial charge in [0.25, 0.3) is 5.91 Å². The second-order valence-electron chi connectivity index (χ2n) is 10.9. The molecule has 3 heterocycles. The lowest BCUT2D eigenvalue weighted by atomic mass is 10.1. The van der Waals surface area contributed by atoms with Crippen LogP contribution in [0.1, 0.15) is 41.6 Å². The van der Waals surface area contributed by atoms with Gasteiger partial charge in [-0.15, -0.1) is 11.3 Å². The van der Waals surface area contributed by atoms with Crippen LogP contribution in [0, 0.1) is 5.82 Å². The van der Waals surface area contributed by atoms with Crippen LogP contribution >= 0.6 is 11.3 Å². The summed E-state index contributed by atoms with van der Waals surface area (Å²) in [6.07, 6.45) is -1.19. The quantitative estimate of drug-likeness (QED) is 0.198. The number of thiophene rings is 1. The fraction of sp³-hybridized carbons (Fsp3) is 0.323. The van der Waals surface area contributed by atoms with Crippen molar-refractivity contribution in [1.82, 2.24) is 15.2 Å². The molecule has 4 aromatic rings. The van der Waals surface area contributed by atoms with Crippen LogP contribution in [0.3, 0.4) is 0 Å². The number of methoxy groups -OCH3 is 1. The number of hydrogen-bond acceptors (Lipinski definition) is 9. The lowest BCUT2D eigenvalue weighted by Gasteiger charge is -2.42. The van der Waals surface area contributed by atoms with Gasteiger partial charge in [0.15, 0.2) is 17.3 Å². The Bertz CT molecular complexity index is 1610. The summed E-state index contributed by atoms with van der Waals surface area (Å²) in [7, 11) is 1.48. The zero-order chi connectivity index (χ0) is 30.0. The number of fused-ring (bicyclic) bond motifs is 1. The summed E-state index contributed by atoms with van der Waals surface area (Å²) in [6, 6.07) is 14.7. The summed E-state index contributed by atoms with van der Waals surface area (Å²) in [5.41, 5.74) is 1.31. The van der Waals surface area contributed by atoms with Crippen LogP contribution in [0.25, 0.3) is 21.3 Å². The number of ketones is 1. The highest BCUT2D eigenvalue weighted by molar-refractivity contribution is 7.17. The third-order valence-electron chi connectivity index (χ3n) is 6.64. The Morgan fingerprint density at radius 1 is 1.14 bits per heavy atom. The van der Waals surface area contributed by atoms with E-state index in [1.54, 1.807) is 47.4 Å². The number of carbonyl (C=O) groups excluding carboxylic acids is 2. The topological polar surface area (TPSA) is 110 Å². The van der Waals surface area contributed by atoms with Gasteiger partial charge in [-0.2, -0.15) is 0 Å². The first kappa shape index (κ1) is 29.6. The summed E-state index contributed by atoms with van der Waals surface area (Å²) in [5.74, 6) is -0.294. The maximum atomic E-state index is 14.1. The molecule has 11 heteroatoms. The molecule has 1 aliphatic heterocycles. The number of pyridine rings is 1. The zero-order valence-corrected chi connectivity index (χ0v) is 24.5. The molecule has 1 unspecified atom stereocenters. The smallest absolute Gasteiger partial charge is 0.251 e. The van der Waals surface area contributed by atoms with Gasteiger partial charge in [-0.05, 0) is 57.2 Å². The van der Waals surface area contributed by atoms with E-state index in [0.29, 0.717) is 40.5 Å². The van der Waals surface area contributed by atoms with Gasteiger partial charge in [0.2, 0.25) is 6.41 Å². The van der Waals surface area contributed by atoms with E-state index in [0.717, 1.165) is 10.9 Å². The van der Waals surface area contributed by atoms with Crippen molar-refractivity contribution in [2.24, 2.45) is 0 Å². The highest BCUT2D eigenvalue weighted by Gasteiger charge is 2.36. The number of likely N-dealkylation sites (tertiary alicyclic amines) is 1. The third-order valence-corrected chi connectivity index (χ3v) is 7.64. The van der Waals surface area contributed by atoms with Gasteiger partial charge in [0, 0.05) is 35.0 Å². The van der Waals surface area contributed by atoms with E-state index in [2.05, 4.69) is 10.3 Å². The molecule has 0 spiro atoms. The van der Waals surface area contributed by atoms with E-state index in [4.69, 9.17) is 14.2 Å². The largest absolute Gasteiger partial charge is 0.493 e. The number of Topliss-reactive ketones (excluding diaryl/α,β-unsaturated/α-hetero) is 1. The van der Waals surface area contributed by atoms with Crippen molar-refractivity contribution in [1.29, 1.82) is 0 Å². The average Bonchev–Trinajstić information content (AvgIpc) is 3.38. The van der Waals surface area contributed by atoms with E-state index in [1.807, 2.05) is 32.2 Å². The molecule has 42 heavy (non-hydrogen) atoms. The molecule has 0 saturated carbocycles. The summed E-state index contributed by atoms with van der Waals surface area (Å²) in [4.78, 5) is 32.0. The molecule has 220 valence electrons.